The van der Waals surface area contributed by atoms with Crippen molar-refractivity contribution in [2.24, 2.45) is 0 Å². The van der Waals surface area contributed by atoms with Crippen LogP contribution >= 0.6 is 0 Å². The van der Waals surface area contributed by atoms with Gasteiger partial charge in [0, 0.05) is 24.0 Å². The van der Waals surface area contributed by atoms with E-state index in [9.17, 15) is 4.79 Å². The molecule has 2 N–H and O–H groups in total. The standard InChI is InChI=1S/C20H24N2O4/c1-24-17-9-7-15(8-10-17)22-20(23)13-21-16-4-2-5-18(12-16)26-14-19-6-3-11-25-19/h2,4-5,7-10,12,19,21H,3,6,11,13-14H2,1H3,(H,22,23). The van der Waals surface area contributed by atoms with Crippen molar-refractivity contribution in [2.45, 2.75) is 18.9 Å². The molecule has 6 heteroatoms. The van der Waals surface area contributed by atoms with E-state index in [1.165, 1.54) is 0 Å². The van der Waals surface area contributed by atoms with Crippen LogP contribution in [0.2, 0.25) is 0 Å². The highest BCUT2D eigenvalue weighted by Crippen LogP contribution is 2.20. The monoisotopic (exact) mass is 356 g/mol. The number of nitrogens with one attached hydrogen (secondary N) is 2. The van der Waals surface area contributed by atoms with Gasteiger partial charge < -0.3 is 24.8 Å². The Morgan fingerprint density at radius 2 is 2.00 bits per heavy atom. The third-order valence-corrected chi connectivity index (χ3v) is 4.12. The van der Waals surface area contributed by atoms with Crippen molar-refractivity contribution in [1.29, 1.82) is 0 Å². The average Bonchev–Trinajstić information content (AvgIpc) is 3.19. The van der Waals surface area contributed by atoms with E-state index in [0.29, 0.717) is 6.61 Å². The lowest BCUT2D eigenvalue weighted by Crippen LogP contribution is -2.21. The second kappa shape index (κ2) is 9.10. The van der Waals surface area contributed by atoms with Crippen LogP contribution in [0.3, 0.4) is 0 Å². The van der Waals surface area contributed by atoms with E-state index in [4.69, 9.17) is 14.2 Å². The lowest BCUT2D eigenvalue weighted by atomic mass is 10.2. The zero-order chi connectivity index (χ0) is 18.2. The summed E-state index contributed by atoms with van der Waals surface area (Å²) in [6.45, 7) is 1.54. The topological polar surface area (TPSA) is 68.8 Å². The van der Waals surface area contributed by atoms with Crippen molar-refractivity contribution in [3.05, 3.63) is 48.5 Å². The average molecular weight is 356 g/mol. The molecule has 1 aliphatic rings. The summed E-state index contributed by atoms with van der Waals surface area (Å²) in [4.78, 5) is 12.1. The van der Waals surface area contributed by atoms with Crippen LogP contribution in [0, 0.1) is 0 Å². The van der Waals surface area contributed by atoms with Crippen molar-refractivity contribution < 1.29 is 19.0 Å². The summed E-state index contributed by atoms with van der Waals surface area (Å²) in [6, 6.07) is 14.8. The summed E-state index contributed by atoms with van der Waals surface area (Å²) in [5.41, 5.74) is 1.56. The molecule has 0 spiro atoms. The van der Waals surface area contributed by atoms with Crippen LogP contribution in [0.15, 0.2) is 48.5 Å². The van der Waals surface area contributed by atoms with Gasteiger partial charge in [-0.2, -0.15) is 0 Å². The van der Waals surface area contributed by atoms with Crippen molar-refractivity contribution in [1.82, 2.24) is 0 Å². The van der Waals surface area contributed by atoms with Gasteiger partial charge >= 0.3 is 0 Å². The Kier molecular flexibility index (Phi) is 6.33. The molecule has 1 fully saturated rings. The summed E-state index contributed by atoms with van der Waals surface area (Å²) in [5.74, 6) is 1.39. The fourth-order valence-corrected chi connectivity index (χ4v) is 2.72. The molecule has 1 saturated heterocycles. The van der Waals surface area contributed by atoms with Crippen molar-refractivity contribution in [3.8, 4) is 11.5 Å². The van der Waals surface area contributed by atoms with Crippen molar-refractivity contribution in [2.75, 3.05) is 37.5 Å². The van der Waals surface area contributed by atoms with Crippen LogP contribution in [-0.2, 0) is 9.53 Å². The number of carbonyl (C=O) groups excluding carboxylic acids is 1. The van der Waals surface area contributed by atoms with Gasteiger partial charge in [-0.1, -0.05) is 6.07 Å². The summed E-state index contributed by atoms with van der Waals surface area (Å²) in [7, 11) is 1.61. The Hall–Kier alpha value is -2.73. The van der Waals surface area contributed by atoms with Gasteiger partial charge in [-0.3, -0.25) is 4.79 Å². The SMILES string of the molecule is COc1ccc(NC(=O)CNc2cccc(OCC3CCCO3)c2)cc1. The lowest BCUT2D eigenvalue weighted by molar-refractivity contribution is -0.114. The Morgan fingerprint density at radius 1 is 1.15 bits per heavy atom. The molecule has 0 radical (unpaired) electrons. The number of amides is 1. The highest BCUT2D eigenvalue weighted by molar-refractivity contribution is 5.93. The minimum absolute atomic E-state index is 0.124. The van der Waals surface area contributed by atoms with E-state index in [1.54, 1.807) is 31.4 Å². The minimum atomic E-state index is -0.124. The molecular formula is C20H24N2O4. The molecule has 2 aromatic rings. The second-order valence-electron chi connectivity index (χ2n) is 6.10. The van der Waals surface area contributed by atoms with Crippen LogP contribution in [0.1, 0.15) is 12.8 Å². The Balaban J connectivity index is 1.45. The van der Waals surface area contributed by atoms with E-state index < -0.39 is 0 Å². The number of rotatable bonds is 8. The molecule has 1 atom stereocenters. The maximum atomic E-state index is 12.1. The summed E-state index contributed by atoms with van der Waals surface area (Å²) >= 11 is 0. The summed E-state index contributed by atoms with van der Waals surface area (Å²) in [6.07, 6.45) is 2.32. The van der Waals surface area contributed by atoms with Crippen LogP contribution in [0.5, 0.6) is 11.5 Å². The summed E-state index contributed by atoms with van der Waals surface area (Å²) in [5, 5.41) is 5.94. The van der Waals surface area contributed by atoms with Gasteiger partial charge in [-0.05, 0) is 49.2 Å². The first-order chi connectivity index (χ1) is 12.7. The molecule has 0 aromatic heterocycles. The van der Waals surface area contributed by atoms with Gasteiger partial charge in [0.1, 0.15) is 18.1 Å². The van der Waals surface area contributed by atoms with Crippen molar-refractivity contribution in [3.63, 3.8) is 0 Å². The van der Waals surface area contributed by atoms with E-state index in [-0.39, 0.29) is 18.6 Å². The molecule has 2 aromatic carbocycles. The first-order valence-corrected chi connectivity index (χ1v) is 8.75. The largest absolute Gasteiger partial charge is 0.497 e. The maximum Gasteiger partial charge on any atom is 0.243 e. The van der Waals surface area contributed by atoms with Gasteiger partial charge in [0.2, 0.25) is 5.91 Å². The van der Waals surface area contributed by atoms with Gasteiger partial charge in [0.15, 0.2) is 0 Å². The van der Waals surface area contributed by atoms with E-state index in [2.05, 4.69) is 10.6 Å². The molecule has 1 aliphatic heterocycles. The van der Waals surface area contributed by atoms with Crippen LogP contribution in [-0.4, -0.2) is 38.9 Å². The fourth-order valence-electron chi connectivity index (χ4n) is 2.72. The third kappa shape index (κ3) is 5.39. The van der Waals surface area contributed by atoms with E-state index in [1.807, 2.05) is 24.3 Å². The quantitative estimate of drug-likeness (QED) is 0.759. The number of anilines is 2. The lowest BCUT2D eigenvalue weighted by Gasteiger charge is -2.13. The molecule has 26 heavy (non-hydrogen) atoms. The first-order valence-electron chi connectivity index (χ1n) is 8.75. The molecule has 6 nitrogen and oxygen atoms in total. The van der Waals surface area contributed by atoms with Gasteiger partial charge in [0.05, 0.1) is 19.8 Å². The maximum absolute atomic E-state index is 12.1. The molecular weight excluding hydrogens is 332 g/mol. The number of methoxy groups -OCH3 is 1. The Morgan fingerprint density at radius 3 is 2.73 bits per heavy atom. The Bertz CT molecular complexity index is 712. The van der Waals surface area contributed by atoms with Crippen LogP contribution < -0.4 is 20.1 Å². The zero-order valence-electron chi connectivity index (χ0n) is 14.9. The number of hydrogen-bond acceptors (Lipinski definition) is 5. The predicted octanol–water partition coefficient (Wildman–Crippen LogP) is 3.30. The molecule has 0 aliphatic carbocycles. The van der Waals surface area contributed by atoms with Crippen molar-refractivity contribution >= 4 is 17.3 Å². The highest BCUT2D eigenvalue weighted by atomic mass is 16.5. The molecule has 1 unspecified atom stereocenters. The molecule has 0 bridgehead atoms. The highest BCUT2D eigenvalue weighted by Gasteiger charge is 2.16. The molecule has 1 heterocycles. The van der Waals surface area contributed by atoms with Crippen LogP contribution in [0.25, 0.3) is 0 Å². The first kappa shape index (κ1) is 18.1. The fraction of sp³-hybridized carbons (Fsp3) is 0.350. The zero-order valence-corrected chi connectivity index (χ0v) is 14.9. The summed E-state index contributed by atoms with van der Waals surface area (Å²) < 4.78 is 16.4. The number of ether oxygens (including phenoxy) is 3. The van der Waals surface area contributed by atoms with Gasteiger partial charge in [-0.15, -0.1) is 0 Å². The normalized spacial score (nSPS) is 16.1. The predicted molar refractivity (Wildman–Crippen MR) is 101 cm³/mol. The number of carbonyl (C=O) groups is 1. The van der Waals surface area contributed by atoms with E-state index in [0.717, 1.165) is 42.3 Å². The molecule has 138 valence electrons. The second-order valence-corrected chi connectivity index (χ2v) is 6.10. The van der Waals surface area contributed by atoms with Gasteiger partial charge in [0.25, 0.3) is 0 Å². The smallest absolute Gasteiger partial charge is 0.243 e. The third-order valence-electron chi connectivity index (χ3n) is 4.12. The Labute approximate surface area is 153 Å². The molecule has 0 saturated carbocycles. The number of benzene rings is 2. The van der Waals surface area contributed by atoms with Gasteiger partial charge in [-0.25, -0.2) is 0 Å². The van der Waals surface area contributed by atoms with E-state index >= 15 is 0 Å². The number of hydrogen-bond donors (Lipinski definition) is 2. The molecule has 3 rings (SSSR count). The molecule has 1 amide bonds. The minimum Gasteiger partial charge on any atom is -0.497 e. The van der Waals surface area contributed by atoms with Crippen LogP contribution in [0.4, 0.5) is 11.4 Å².